The molecule has 5 heteroatoms. The van der Waals surface area contributed by atoms with Crippen LogP contribution < -0.4 is 10.2 Å². The minimum atomic E-state index is -0.949. The Kier molecular flexibility index (Phi) is 3.97. The second-order valence-corrected chi connectivity index (χ2v) is 8.01. The lowest BCUT2D eigenvalue weighted by Gasteiger charge is -2.37. The van der Waals surface area contributed by atoms with Gasteiger partial charge in [0.25, 0.3) is 0 Å². The van der Waals surface area contributed by atoms with Gasteiger partial charge in [-0.25, -0.2) is 4.98 Å². The zero-order valence-corrected chi connectivity index (χ0v) is 15.6. The van der Waals surface area contributed by atoms with Gasteiger partial charge in [0.05, 0.1) is 17.1 Å². The summed E-state index contributed by atoms with van der Waals surface area (Å²) in [7, 11) is 1.73. The van der Waals surface area contributed by atoms with E-state index in [9.17, 15) is 5.11 Å². The maximum absolute atomic E-state index is 10.3. The molecule has 1 radical (unpaired) electrons. The van der Waals surface area contributed by atoms with Crippen LogP contribution in [0, 0.1) is 0 Å². The molecular formula is C21H23BNO3. The first kappa shape index (κ1) is 17.3. The molecule has 2 aromatic rings. The van der Waals surface area contributed by atoms with Gasteiger partial charge in [0, 0.05) is 11.8 Å². The summed E-state index contributed by atoms with van der Waals surface area (Å²) in [4.78, 5) is 4.36. The zero-order valence-electron chi connectivity index (χ0n) is 15.6. The topological polar surface area (TPSA) is 51.6 Å². The quantitative estimate of drug-likeness (QED) is 0.864. The molecular weight excluding hydrogens is 325 g/mol. The SMILES string of the molecule is CC(C)(O)C(C)(C)O[B]c1ccc2c(c1)C1c3cccnc3OC1C=C2. The Morgan fingerprint density at radius 2 is 1.96 bits per heavy atom. The molecule has 0 saturated carbocycles. The molecule has 26 heavy (non-hydrogen) atoms. The summed E-state index contributed by atoms with van der Waals surface area (Å²) in [6, 6.07) is 10.3. The van der Waals surface area contributed by atoms with Crippen molar-refractivity contribution in [1.82, 2.24) is 4.98 Å². The second-order valence-electron chi connectivity index (χ2n) is 8.01. The average molecular weight is 348 g/mol. The number of benzene rings is 1. The van der Waals surface area contributed by atoms with Crippen LogP contribution in [0.25, 0.3) is 6.08 Å². The Bertz CT molecular complexity index is 870. The number of fused-ring (bicyclic) bond motifs is 5. The van der Waals surface area contributed by atoms with Crippen LogP contribution in [0.1, 0.15) is 50.3 Å². The summed E-state index contributed by atoms with van der Waals surface area (Å²) < 4.78 is 11.9. The molecule has 1 aliphatic carbocycles. The van der Waals surface area contributed by atoms with Crippen molar-refractivity contribution in [3.8, 4) is 5.88 Å². The van der Waals surface area contributed by atoms with Crippen molar-refractivity contribution < 1.29 is 14.5 Å². The molecule has 2 atom stereocenters. The third-order valence-electron chi connectivity index (χ3n) is 5.59. The first-order valence-corrected chi connectivity index (χ1v) is 8.93. The van der Waals surface area contributed by atoms with Crippen LogP contribution in [0.5, 0.6) is 5.88 Å². The van der Waals surface area contributed by atoms with Crippen LogP contribution in [0.2, 0.25) is 0 Å². The molecule has 0 saturated heterocycles. The van der Waals surface area contributed by atoms with Gasteiger partial charge in [0.15, 0.2) is 0 Å². The van der Waals surface area contributed by atoms with Crippen LogP contribution >= 0.6 is 0 Å². The van der Waals surface area contributed by atoms with E-state index >= 15 is 0 Å². The van der Waals surface area contributed by atoms with E-state index in [0.29, 0.717) is 5.88 Å². The van der Waals surface area contributed by atoms with E-state index < -0.39 is 11.2 Å². The minimum Gasteiger partial charge on any atom is -0.469 e. The number of hydrogen-bond donors (Lipinski definition) is 1. The number of ether oxygens (including phenoxy) is 1. The largest absolute Gasteiger partial charge is 0.469 e. The van der Waals surface area contributed by atoms with Crippen molar-refractivity contribution in [2.45, 2.75) is 50.9 Å². The molecule has 0 bridgehead atoms. The first-order valence-electron chi connectivity index (χ1n) is 8.93. The summed E-state index contributed by atoms with van der Waals surface area (Å²) in [6.45, 7) is 7.27. The Hall–Kier alpha value is -2.11. The molecule has 2 unspecified atom stereocenters. The highest BCUT2D eigenvalue weighted by atomic mass is 16.5. The fraction of sp³-hybridized carbons (Fsp3) is 0.381. The lowest BCUT2D eigenvalue weighted by Crippen LogP contribution is -2.49. The molecule has 1 aliphatic heterocycles. The summed E-state index contributed by atoms with van der Waals surface area (Å²) in [5.74, 6) is 0.864. The number of pyridine rings is 1. The number of nitrogens with zero attached hydrogens (tertiary/aromatic N) is 1. The fourth-order valence-electron chi connectivity index (χ4n) is 3.25. The number of rotatable bonds is 4. The summed E-state index contributed by atoms with van der Waals surface area (Å²) in [6.07, 6.45) is 5.95. The van der Waals surface area contributed by atoms with Crippen molar-refractivity contribution in [3.63, 3.8) is 0 Å². The van der Waals surface area contributed by atoms with Crippen molar-refractivity contribution >= 4 is 19.0 Å². The van der Waals surface area contributed by atoms with Crippen molar-refractivity contribution in [2.75, 3.05) is 0 Å². The monoisotopic (exact) mass is 348 g/mol. The summed E-state index contributed by atoms with van der Waals surface area (Å²) >= 11 is 0. The van der Waals surface area contributed by atoms with Crippen LogP contribution in [-0.4, -0.2) is 34.9 Å². The number of aromatic nitrogens is 1. The lowest BCUT2D eigenvalue weighted by molar-refractivity contribution is -0.0893. The van der Waals surface area contributed by atoms with E-state index in [1.165, 1.54) is 11.1 Å². The van der Waals surface area contributed by atoms with Gasteiger partial charge in [-0.1, -0.05) is 35.8 Å². The maximum atomic E-state index is 10.3. The van der Waals surface area contributed by atoms with Crippen LogP contribution in [0.3, 0.4) is 0 Å². The van der Waals surface area contributed by atoms with Gasteiger partial charge in [0.2, 0.25) is 5.88 Å². The first-order chi connectivity index (χ1) is 12.3. The molecule has 4 nitrogen and oxygen atoms in total. The predicted molar refractivity (Wildman–Crippen MR) is 103 cm³/mol. The Morgan fingerprint density at radius 1 is 1.15 bits per heavy atom. The van der Waals surface area contributed by atoms with E-state index in [1.807, 2.05) is 26.0 Å². The highest BCUT2D eigenvalue weighted by Crippen LogP contribution is 2.44. The zero-order chi connectivity index (χ0) is 18.5. The molecule has 2 aliphatic rings. The Labute approximate surface area is 155 Å². The highest BCUT2D eigenvalue weighted by Gasteiger charge is 2.38. The minimum absolute atomic E-state index is 0.0172. The van der Waals surface area contributed by atoms with Gasteiger partial charge >= 0.3 is 7.48 Å². The maximum Gasteiger partial charge on any atom is 0.330 e. The van der Waals surface area contributed by atoms with Gasteiger partial charge in [-0.05, 0) is 51.0 Å². The molecule has 133 valence electrons. The van der Waals surface area contributed by atoms with E-state index in [2.05, 4.69) is 35.3 Å². The van der Waals surface area contributed by atoms with Crippen molar-refractivity contribution in [3.05, 3.63) is 59.3 Å². The molecule has 0 fully saturated rings. The van der Waals surface area contributed by atoms with Crippen LogP contribution in [-0.2, 0) is 4.65 Å². The van der Waals surface area contributed by atoms with Gasteiger partial charge in [-0.3, -0.25) is 0 Å². The third kappa shape index (κ3) is 2.85. The summed E-state index contributed by atoms with van der Waals surface area (Å²) in [5.41, 5.74) is 2.84. The highest BCUT2D eigenvalue weighted by molar-refractivity contribution is 6.47. The molecule has 1 aromatic carbocycles. The molecule has 1 N–H and O–H groups in total. The third-order valence-corrected chi connectivity index (χ3v) is 5.59. The van der Waals surface area contributed by atoms with Gasteiger partial charge in [0.1, 0.15) is 6.10 Å². The van der Waals surface area contributed by atoms with Crippen LogP contribution in [0.4, 0.5) is 0 Å². The normalized spacial score (nSPS) is 20.8. The van der Waals surface area contributed by atoms with Crippen molar-refractivity contribution in [2.24, 2.45) is 0 Å². The van der Waals surface area contributed by atoms with Gasteiger partial charge < -0.3 is 14.5 Å². The molecule has 4 rings (SSSR count). The van der Waals surface area contributed by atoms with Gasteiger partial charge in [-0.15, -0.1) is 0 Å². The van der Waals surface area contributed by atoms with Crippen LogP contribution in [0.15, 0.2) is 42.6 Å². The fourth-order valence-corrected chi connectivity index (χ4v) is 3.25. The summed E-state index contributed by atoms with van der Waals surface area (Å²) in [5, 5.41) is 10.3. The van der Waals surface area contributed by atoms with E-state index in [1.54, 1.807) is 27.5 Å². The van der Waals surface area contributed by atoms with Crippen molar-refractivity contribution in [1.29, 1.82) is 0 Å². The Balaban J connectivity index is 1.63. The molecule has 0 spiro atoms. The second kappa shape index (κ2) is 5.97. The van der Waals surface area contributed by atoms with E-state index in [0.717, 1.165) is 11.0 Å². The average Bonchev–Trinajstić information content (AvgIpc) is 2.98. The van der Waals surface area contributed by atoms with E-state index in [4.69, 9.17) is 9.39 Å². The number of aliphatic hydroxyl groups is 1. The van der Waals surface area contributed by atoms with E-state index in [-0.39, 0.29) is 12.0 Å². The van der Waals surface area contributed by atoms with Gasteiger partial charge in [-0.2, -0.15) is 0 Å². The standard InChI is InChI=1S/C21H23BNO3/c1-20(2,24)21(3,4)26-22-14-9-7-13-8-10-17-18(16(13)12-14)15-6-5-11-23-19(15)25-17/h5-12,17-18,24H,1-4H3. The Morgan fingerprint density at radius 3 is 2.73 bits per heavy atom. The number of hydrogen-bond acceptors (Lipinski definition) is 4. The predicted octanol–water partition coefficient (Wildman–Crippen LogP) is 2.81. The smallest absolute Gasteiger partial charge is 0.330 e. The lowest BCUT2D eigenvalue weighted by atomic mass is 9.76. The molecule has 0 amide bonds. The molecule has 2 heterocycles. The molecule has 1 aromatic heterocycles.